The molecule has 0 bridgehead atoms. The highest BCUT2D eigenvalue weighted by Gasteiger charge is 2.12. The van der Waals surface area contributed by atoms with Crippen molar-refractivity contribution >= 4 is 0 Å². The third-order valence-corrected chi connectivity index (χ3v) is 1.64. The molecule has 0 heterocycles. The van der Waals surface area contributed by atoms with E-state index >= 15 is 0 Å². The second kappa shape index (κ2) is 2.31. The first kappa shape index (κ1) is 5.10. The van der Waals surface area contributed by atoms with Gasteiger partial charge in [-0.1, -0.05) is 12.8 Å². The predicted molar refractivity (Wildman–Crippen MR) is 31.4 cm³/mol. The van der Waals surface area contributed by atoms with Crippen molar-refractivity contribution < 1.29 is 6.16 Å². The lowest BCUT2D eigenvalue weighted by Crippen LogP contribution is -2.01. The Morgan fingerprint density at radius 2 is 2.00 bits per heavy atom. The van der Waals surface area contributed by atoms with E-state index in [9.17, 15) is 0 Å². The maximum absolute atomic E-state index is 5.11. The summed E-state index contributed by atoms with van der Waals surface area (Å²) in [5.41, 5.74) is 0. The minimum absolute atomic E-state index is 0. The van der Waals surface area contributed by atoms with Crippen LogP contribution in [0, 0.1) is 0 Å². The first-order valence-corrected chi connectivity index (χ1v) is 2.96. The summed E-state index contributed by atoms with van der Waals surface area (Å²) < 4.78 is 5.11. The van der Waals surface area contributed by atoms with Crippen LogP contribution in [0.2, 0.25) is 0 Å². The van der Waals surface area contributed by atoms with Crippen molar-refractivity contribution in [2.24, 2.45) is 0 Å². The highest BCUT2D eigenvalue weighted by atomic mass is 16.5. The summed E-state index contributed by atoms with van der Waals surface area (Å²) in [4.78, 5) is 0. The number of ether oxygens (including phenoxy) is 1. The summed E-state index contributed by atoms with van der Waals surface area (Å²) in [6.45, 7) is 0. The highest BCUT2D eigenvalue weighted by Crippen LogP contribution is 2.19. The van der Waals surface area contributed by atoms with Gasteiger partial charge in [0.05, 0.1) is 6.10 Å². The van der Waals surface area contributed by atoms with Crippen LogP contribution in [-0.2, 0) is 4.74 Å². The molecule has 0 amide bonds. The molecule has 44 valence electrons. The van der Waals surface area contributed by atoms with Gasteiger partial charge in [-0.05, 0) is 12.8 Å². The average molecular weight is 102 g/mol. The Hall–Kier alpha value is -0.0400. The average Bonchev–Trinajstić information content (AvgIpc) is 2.14. The Bertz CT molecular complexity index is 50.5. The molecule has 0 spiro atoms. The second-order valence-corrected chi connectivity index (χ2v) is 2.14. The van der Waals surface area contributed by atoms with Crippen LogP contribution in [0.5, 0.6) is 0 Å². The molecule has 1 aliphatic carbocycles. The van der Waals surface area contributed by atoms with Crippen molar-refractivity contribution in [2.45, 2.75) is 31.8 Å². The van der Waals surface area contributed by atoms with Crippen LogP contribution in [0.25, 0.3) is 0 Å². The van der Waals surface area contributed by atoms with E-state index in [1.807, 2.05) is 0 Å². The Kier molecular flexibility index (Phi) is 1.69. The van der Waals surface area contributed by atoms with Crippen LogP contribution >= 0.6 is 0 Å². The standard InChI is InChI=1S/C6H12O.H2/c1-7-6-4-2-3-5-6;/h6H,2-5H2,1H3;1H. The molecular formula is C6H14O. The van der Waals surface area contributed by atoms with Crippen LogP contribution < -0.4 is 0 Å². The third kappa shape index (κ3) is 1.16. The summed E-state index contributed by atoms with van der Waals surface area (Å²) in [7, 11) is 1.80. The van der Waals surface area contributed by atoms with Crippen molar-refractivity contribution in [3.63, 3.8) is 0 Å². The summed E-state index contributed by atoms with van der Waals surface area (Å²) in [6.07, 6.45) is 5.92. The van der Waals surface area contributed by atoms with E-state index in [4.69, 9.17) is 4.74 Å². The first-order valence-electron chi connectivity index (χ1n) is 2.96. The van der Waals surface area contributed by atoms with E-state index in [2.05, 4.69) is 0 Å². The number of hydrogen-bond donors (Lipinski definition) is 0. The maximum Gasteiger partial charge on any atom is 0.0571 e. The van der Waals surface area contributed by atoms with E-state index in [1.54, 1.807) is 7.11 Å². The van der Waals surface area contributed by atoms with Crippen molar-refractivity contribution in [2.75, 3.05) is 7.11 Å². The number of methoxy groups -OCH3 is 1. The monoisotopic (exact) mass is 102 g/mol. The van der Waals surface area contributed by atoms with Crippen molar-refractivity contribution in [3.8, 4) is 0 Å². The lowest BCUT2D eigenvalue weighted by atomic mass is 10.3. The largest absolute Gasteiger partial charge is 0.381 e. The Morgan fingerprint density at radius 3 is 2.29 bits per heavy atom. The molecule has 0 aromatic rings. The molecular weight excluding hydrogens is 88.1 g/mol. The summed E-state index contributed by atoms with van der Waals surface area (Å²) in [5.74, 6) is 0. The summed E-state index contributed by atoms with van der Waals surface area (Å²) in [6, 6.07) is 0. The topological polar surface area (TPSA) is 9.23 Å². The van der Waals surface area contributed by atoms with Gasteiger partial charge in [0.2, 0.25) is 0 Å². The molecule has 7 heavy (non-hydrogen) atoms. The summed E-state index contributed by atoms with van der Waals surface area (Å²) >= 11 is 0. The number of rotatable bonds is 1. The molecule has 1 heteroatoms. The molecule has 1 saturated carbocycles. The minimum atomic E-state index is 0. The molecule has 0 atom stereocenters. The molecule has 0 N–H and O–H groups in total. The Morgan fingerprint density at radius 1 is 1.43 bits per heavy atom. The zero-order valence-electron chi connectivity index (χ0n) is 4.81. The summed E-state index contributed by atoms with van der Waals surface area (Å²) in [5, 5.41) is 0. The molecule has 1 fully saturated rings. The lowest BCUT2D eigenvalue weighted by molar-refractivity contribution is 0.109. The maximum atomic E-state index is 5.11. The fraction of sp³-hybridized carbons (Fsp3) is 1.00. The number of hydrogen-bond acceptors (Lipinski definition) is 1. The quantitative estimate of drug-likeness (QED) is 0.490. The zero-order chi connectivity index (χ0) is 5.11. The van der Waals surface area contributed by atoms with Gasteiger partial charge in [0.15, 0.2) is 0 Å². The molecule has 0 radical (unpaired) electrons. The van der Waals surface area contributed by atoms with E-state index in [-0.39, 0.29) is 1.43 Å². The fourth-order valence-electron chi connectivity index (χ4n) is 1.12. The third-order valence-electron chi connectivity index (χ3n) is 1.64. The van der Waals surface area contributed by atoms with E-state index in [0.29, 0.717) is 6.10 Å². The van der Waals surface area contributed by atoms with E-state index < -0.39 is 0 Å². The van der Waals surface area contributed by atoms with Gasteiger partial charge in [-0.15, -0.1) is 0 Å². The van der Waals surface area contributed by atoms with Crippen LogP contribution in [0.15, 0.2) is 0 Å². The van der Waals surface area contributed by atoms with Gasteiger partial charge >= 0.3 is 0 Å². The molecule has 0 saturated heterocycles. The lowest BCUT2D eigenvalue weighted by Gasteiger charge is -2.02. The van der Waals surface area contributed by atoms with Crippen molar-refractivity contribution in [1.29, 1.82) is 0 Å². The van der Waals surface area contributed by atoms with Crippen LogP contribution in [-0.4, -0.2) is 13.2 Å². The van der Waals surface area contributed by atoms with Gasteiger partial charge < -0.3 is 4.74 Å². The van der Waals surface area contributed by atoms with Gasteiger partial charge in [0.1, 0.15) is 0 Å². The molecule has 0 unspecified atom stereocenters. The normalized spacial score (nSPS) is 23.6. The van der Waals surface area contributed by atoms with E-state index in [1.165, 1.54) is 25.7 Å². The Balaban J connectivity index is 0.000000490. The van der Waals surface area contributed by atoms with Crippen molar-refractivity contribution in [1.82, 2.24) is 0 Å². The van der Waals surface area contributed by atoms with E-state index in [0.717, 1.165) is 0 Å². The smallest absolute Gasteiger partial charge is 0.0571 e. The van der Waals surface area contributed by atoms with Gasteiger partial charge in [0.25, 0.3) is 0 Å². The zero-order valence-corrected chi connectivity index (χ0v) is 4.81. The molecule has 1 rings (SSSR count). The van der Waals surface area contributed by atoms with Gasteiger partial charge in [-0.25, -0.2) is 0 Å². The molecule has 1 aliphatic rings. The molecule has 0 aromatic carbocycles. The first-order chi connectivity index (χ1) is 3.43. The minimum Gasteiger partial charge on any atom is -0.381 e. The van der Waals surface area contributed by atoms with Crippen LogP contribution in [0.4, 0.5) is 0 Å². The predicted octanol–water partition coefficient (Wildman–Crippen LogP) is 1.82. The fourth-order valence-corrected chi connectivity index (χ4v) is 1.12. The molecule has 1 nitrogen and oxygen atoms in total. The molecule has 0 aromatic heterocycles. The Labute approximate surface area is 46.2 Å². The van der Waals surface area contributed by atoms with Gasteiger partial charge in [-0.3, -0.25) is 0 Å². The molecule has 0 aliphatic heterocycles. The second-order valence-electron chi connectivity index (χ2n) is 2.14. The highest BCUT2D eigenvalue weighted by molar-refractivity contribution is 4.65. The van der Waals surface area contributed by atoms with Crippen molar-refractivity contribution in [3.05, 3.63) is 0 Å². The van der Waals surface area contributed by atoms with Gasteiger partial charge in [0, 0.05) is 8.54 Å². The van der Waals surface area contributed by atoms with Crippen LogP contribution in [0.1, 0.15) is 27.1 Å². The van der Waals surface area contributed by atoms with Gasteiger partial charge in [-0.2, -0.15) is 0 Å². The van der Waals surface area contributed by atoms with Crippen LogP contribution in [0.3, 0.4) is 0 Å². The SMILES string of the molecule is COC1CCCC1.[HH].